The molecule has 0 saturated carbocycles. The third-order valence-electron chi connectivity index (χ3n) is 11.9. The molecule has 6 N–H and O–H groups in total. The van der Waals surface area contributed by atoms with Crippen LogP contribution in [0.1, 0.15) is 86.3 Å². The number of rotatable bonds is 20. The van der Waals surface area contributed by atoms with E-state index in [-0.39, 0.29) is 36.3 Å². The summed E-state index contributed by atoms with van der Waals surface area (Å²) in [4.78, 5) is 66.4. The van der Waals surface area contributed by atoms with Crippen LogP contribution in [0.2, 0.25) is 0 Å². The zero-order chi connectivity index (χ0) is 45.0. The fourth-order valence-corrected chi connectivity index (χ4v) is 9.85. The van der Waals surface area contributed by atoms with Crippen molar-refractivity contribution >= 4 is 47.1 Å². The Labute approximate surface area is 378 Å². The van der Waals surface area contributed by atoms with E-state index in [2.05, 4.69) is 26.6 Å². The molecule has 64 heavy (non-hydrogen) atoms. The maximum atomic E-state index is 14.2. The van der Waals surface area contributed by atoms with Crippen LogP contribution in [0, 0.1) is 0 Å². The minimum atomic E-state index is -1.13. The number of benzene rings is 4. The van der Waals surface area contributed by atoms with Crippen molar-refractivity contribution in [2.75, 3.05) is 30.9 Å². The van der Waals surface area contributed by atoms with Gasteiger partial charge in [-0.1, -0.05) is 91.3 Å². The van der Waals surface area contributed by atoms with Gasteiger partial charge in [-0.05, 0) is 73.4 Å². The number of ether oxygens (including phenoxy) is 2. The van der Waals surface area contributed by atoms with Gasteiger partial charge in [0.1, 0.15) is 29.7 Å². The zero-order valence-corrected chi connectivity index (χ0v) is 37.1. The minimum Gasteiger partial charge on any atom is -0.494 e. The Balaban J connectivity index is 0.858. The molecule has 338 valence electrons. The Kier molecular flexibility index (Phi) is 15.8. The first-order valence-corrected chi connectivity index (χ1v) is 23.2. The zero-order valence-electron chi connectivity index (χ0n) is 36.3. The number of fused-ring (bicyclic) bond motifs is 2. The number of anilines is 1. The van der Waals surface area contributed by atoms with Crippen molar-refractivity contribution in [3.05, 3.63) is 125 Å². The molecule has 15 heteroatoms. The highest BCUT2D eigenvalue weighted by molar-refractivity contribution is 8.00. The van der Waals surface area contributed by atoms with Crippen molar-refractivity contribution in [2.45, 2.75) is 99.9 Å². The number of thioether (sulfide) groups is 1. The summed E-state index contributed by atoms with van der Waals surface area (Å²) in [5.74, 6) is 0.674. The summed E-state index contributed by atoms with van der Waals surface area (Å²) in [6, 6.07) is 29.2. The minimum absolute atomic E-state index is 0.0168. The van der Waals surface area contributed by atoms with Crippen LogP contribution in [-0.2, 0) is 25.6 Å². The molecule has 3 heterocycles. The lowest BCUT2D eigenvalue weighted by atomic mass is 9.99. The highest BCUT2D eigenvalue weighted by Gasteiger charge is 2.43. The number of urea groups is 1. The maximum absolute atomic E-state index is 14.2. The van der Waals surface area contributed by atoms with Crippen molar-refractivity contribution in [3.8, 4) is 11.5 Å². The van der Waals surface area contributed by atoms with E-state index < -0.39 is 36.1 Å². The highest BCUT2D eigenvalue weighted by Crippen LogP contribution is 2.40. The molecule has 2 fully saturated rings. The first-order chi connectivity index (χ1) is 31.0. The molecule has 4 aromatic rings. The fourth-order valence-electron chi connectivity index (χ4n) is 8.30. The van der Waals surface area contributed by atoms with E-state index in [0.717, 1.165) is 49.8 Å². The number of amides is 6. The molecular formula is C49H58N6O8S. The predicted octanol–water partition coefficient (Wildman–Crippen LogP) is 5.49. The molecule has 0 spiro atoms. The van der Waals surface area contributed by atoms with Gasteiger partial charge in [0.2, 0.25) is 17.7 Å². The highest BCUT2D eigenvalue weighted by atomic mass is 32.2. The normalized spacial score (nSPS) is 20.9. The SMILES string of the molecule is C[C@H](NC(=O)Cc1ccc(C(O)c2ccccc2)cc1)C(=O)N[C@@H]1C(=O)N(C)c2cc(OCCCCCNC(=O)CCCC[C@@H]3SC[C@@H]4NC(=O)N[C@@H]43)ccc2O[C@@H]1c1ccccc1. The monoisotopic (exact) mass is 890 g/mol. The number of hydrogen-bond donors (Lipinski definition) is 6. The third-order valence-corrected chi connectivity index (χ3v) is 13.4. The van der Waals surface area contributed by atoms with Crippen molar-refractivity contribution < 1.29 is 38.6 Å². The summed E-state index contributed by atoms with van der Waals surface area (Å²) in [7, 11) is 1.63. The molecule has 0 bridgehead atoms. The number of hydrogen-bond acceptors (Lipinski definition) is 9. The number of nitrogens with one attached hydrogen (secondary N) is 5. The number of carbonyl (C=O) groups is 5. The molecule has 0 aliphatic carbocycles. The molecule has 1 unspecified atom stereocenters. The van der Waals surface area contributed by atoms with E-state index in [4.69, 9.17) is 9.47 Å². The Morgan fingerprint density at radius 3 is 2.38 bits per heavy atom. The number of unbranched alkanes of at least 4 members (excludes halogenated alkanes) is 3. The van der Waals surface area contributed by atoms with Crippen molar-refractivity contribution in [1.29, 1.82) is 0 Å². The van der Waals surface area contributed by atoms with E-state index in [1.807, 2.05) is 72.4 Å². The molecule has 0 aromatic heterocycles. The molecule has 2 saturated heterocycles. The lowest BCUT2D eigenvalue weighted by Crippen LogP contribution is -2.55. The van der Waals surface area contributed by atoms with Crippen LogP contribution in [0.3, 0.4) is 0 Å². The van der Waals surface area contributed by atoms with Crippen molar-refractivity contribution in [1.82, 2.24) is 26.6 Å². The first-order valence-electron chi connectivity index (χ1n) is 22.2. The van der Waals surface area contributed by atoms with Crippen molar-refractivity contribution in [3.63, 3.8) is 0 Å². The summed E-state index contributed by atoms with van der Waals surface area (Å²) in [6.45, 7) is 2.61. The Morgan fingerprint density at radius 2 is 1.61 bits per heavy atom. The van der Waals surface area contributed by atoms with Gasteiger partial charge >= 0.3 is 6.03 Å². The summed E-state index contributed by atoms with van der Waals surface area (Å²) >= 11 is 1.89. The molecule has 7 atom stereocenters. The average molecular weight is 891 g/mol. The number of carbonyl (C=O) groups excluding carboxylic acids is 5. The van der Waals surface area contributed by atoms with E-state index in [0.29, 0.717) is 58.7 Å². The van der Waals surface area contributed by atoms with Gasteiger partial charge in [0.05, 0.1) is 30.8 Å². The van der Waals surface area contributed by atoms with E-state index >= 15 is 0 Å². The third kappa shape index (κ3) is 11.9. The molecular weight excluding hydrogens is 833 g/mol. The number of aliphatic hydroxyl groups is 1. The molecule has 4 aromatic carbocycles. The van der Waals surface area contributed by atoms with Crippen LogP contribution in [-0.4, -0.2) is 90.1 Å². The van der Waals surface area contributed by atoms with Crippen LogP contribution in [0.5, 0.6) is 11.5 Å². The van der Waals surface area contributed by atoms with Gasteiger partial charge in [-0.25, -0.2) is 4.79 Å². The van der Waals surface area contributed by atoms with Gasteiger partial charge in [-0.2, -0.15) is 11.8 Å². The number of likely N-dealkylation sites (N-methyl/N-ethyl adjacent to an activating group) is 1. The average Bonchev–Trinajstić information content (AvgIpc) is 3.84. The van der Waals surface area contributed by atoms with Crippen LogP contribution in [0.4, 0.5) is 10.5 Å². The summed E-state index contributed by atoms with van der Waals surface area (Å²) < 4.78 is 12.6. The van der Waals surface area contributed by atoms with E-state index in [1.54, 1.807) is 56.4 Å². The summed E-state index contributed by atoms with van der Waals surface area (Å²) in [5, 5.41) is 25.8. The lowest BCUT2D eigenvalue weighted by Gasteiger charge is -2.28. The van der Waals surface area contributed by atoms with Gasteiger partial charge in [0.25, 0.3) is 5.91 Å². The van der Waals surface area contributed by atoms with Crippen LogP contribution in [0.25, 0.3) is 0 Å². The molecule has 6 amide bonds. The fraction of sp³-hybridized carbons (Fsp3) is 0.408. The molecule has 0 radical (unpaired) electrons. The standard InChI is InChI=1S/C49H58N6O8S/c1-31(51-42(57)28-32-20-22-34(23-21-32)45(58)33-14-6-3-7-15-33)47(59)53-44-46(35-16-8-4-9-17-35)63-39-25-24-36(29-38(39)55(2)48(44)60)62-27-13-5-12-26-50-41(56)19-11-10-18-40-43-37(30-64-40)52-49(61)54-43/h3-4,6-9,14-17,20-25,29,31,37,40,43-46,58H,5,10-13,18-19,26-28,30H2,1-2H3,(H,50,56)(H,51,57)(H,53,59)(H2,52,54,61)/t31-,37-,40-,43-,44-,45?,46+/m0/s1. The molecule has 7 rings (SSSR count). The Bertz CT molecular complexity index is 2230. The quantitative estimate of drug-likeness (QED) is 0.0493. The largest absolute Gasteiger partial charge is 0.494 e. The second-order valence-electron chi connectivity index (χ2n) is 16.6. The van der Waals surface area contributed by atoms with Crippen molar-refractivity contribution in [2.24, 2.45) is 0 Å². The first kappa shape index (κ1) is 45.9. The topological polar surface area (TPSA) is 187 Å². The lowest BCUT2D eigenvalue weighted by molar-refractivity contribution is -0.132. The second kappa shape index (κ2) is 22.0. The molecule has 3 aliphatic heterocycles. The van der Waals surface area contributed by atoms with Gasteiger partial charge in [0, 0.05) is 37.1 Å². The second-order valence-corrected chi connectivity index (χ2v) is 17.9. The number of aliphatic hydroxyl groups excluding tert-OH is 1. The van der Waals surface area contributed by atoms with Crippen LogP contribution in [0.15, 0.2) is 103 Å². The van der Waals surface area contributed by atoms with E-state index in [1.165, 1.54) is 4.90 Å². The summed E-state index contributed by atoms with van der Waals surface area (Å²) in [5.41, 5.74) is 3.35. The molecule has 14 nitrogen and oxygen atoms in total. The maximum Gasteiger partial charge on any atom is 0.315 e. The van der Waals surface area contributed by atoms with Gasteiger partial charge < -0.3 is 46.1 Å². The predicted molar refractivity (Wildman–Crippen MR) is 246 cm³/mol. The van der Waals surface area contributed by atoms with Crippen LogP contribution >= 0.6 is 11.8 Å². The Morgan fingerprint density at radius 1 is 0.875 bits per heavy atom. The number of nitrogens with zero attached hydrogens (tertiary/aromatic N) is 1. The van der Waals surface area contributed by atoms with E-state index in [9.17, 15) is 29.1 Å². The smallest absolute Gasteiger partial charge is 0.315 e. The summed E-state index contributed by atoms with van der Waals surface area (Å²) in [6.07, 6.45) is 4.07. The van der Waals surface area contributed by atoms with Gasteiger partial charge in [-0.3, -0.25) is 19.2 Å². The Hall–Kier alpha value is -6.06. The van der Waals surface area contributed by atoms with Gasteiger partial charge in [0.15, 0.2) is 6.10 Å². The van der Waals surface area contributed by atoms with Crippen LogP contribution < -0.4 is 41.0 Å². The van der Waals surface area contributed by atoms with Gasteiger partial charge in [-0.15, -0.1) is 0 Å². The molecule has 3 aliphatic rings.